The Morgan fingerprint density at radius 3 is 2.52 bits per heavy atom. The Morgan fingerprint density at radius 2 is 1.95 bits per heavy atom. The summed E-state index contributed by atoms with van der Waals surface area (Å²) in [5.41, 5.74) is 6.34. The second-order valence-corrected chi connectivity index (χ2v) is 4.57. The SMILES string of the molecule is COCC(O)CCNC(=O)c1ccc(CNC(N)=O)cc1. The number of hydrogen-bond donors (Lipinski definition) is 4. The van der Waals surface area contributed by atoms with Gasteiger partial charge in [0.15, 0.2) is 0 Å². The first-order valence-electron chi connectivity index (χ1n) is 6.60. The molecule has 0 saturated heterocycles. The van der Waals surface area contributed by atoms with Crippen molar-refractivity contribution in [1.29, 1.82) is 0 Å². The quantitative estimate of drug-likeness (QED) is 0.540. The molecule has 0 aromatic heterocycles. The first-order chi connectivity index (χ1) is 10.0. The van der Waals surface area contributed by atoms with Gasteiger partial charge in [-0.1, -0.05) is 12.1 Å². The normalized spacial score (nSPS) is 11.7. The van der Waals surface area contributed by atoms with Crippen molar-refractivity contribution in [3.63, 3.8) is 0 Å². The molecular formula is C14H21N3O4. The summed E-state index contributed by atoms with van der Waals surface area (Å²) < 4.78 is 4.80. The van der Waals surface area contributed by atoms with Gasteiger partial charge in [-0.15, -0.1) is 0 Å². The summed E-state index contributed by atoms with van der Waals surface area (Å²) in [5, 5.41) is 14.6. The van der Waals surface area contributed by atoms with E-state index in [1.165, 1.54) is 7.11 Å². The van der Waals surface area contributed by atoms with Crippen molar-refractivity contribution in [1.82, 2.24) is 10.6 Å². The lowest BCUT2D eigenvalue weighted by atomic mass is 10.1. The summed E-state index contributed by atoms with van der Waals surface area (Å²) in [7, 11) is 1.51. The zero-order chi connectivity index (χ0) is 15.7. The van der Waals surface area contributed by atoms with Gasteiger partial charge in [0.1, 0.15) is 0 Å². The third-order valence-corrected chi connectivity index (χ3v) is 2.81. The Labute approximate surface area is 123 Å². The van der Waals surface area contributed by atoms with Crippen molar-refractivity contribution in [3.8, 4) is 0 Å². The highest BCUT2D eigenvalue weighted by Gasteiger charge is 2.07. The largest absolute Gasteiger partial charge is 0.391 e. The van der Waals surface area contributed by atoms with Crippen LogP contribution < -0.4 is 16.4 Å². The molecule has 7 heteroatoms. The van der Waals surface area contributed by atoms with Crippen LogP contribution >= 0.6 is 0 Å². The molecule has 0 aliphatic rings. The van der Waals surface area contributed by atoms with Crippen LogP contribution in [0.4, 0.5) is 4.79 Å². The third kappa shape index (κ3) is 6.73. The van der Waals surface area contributed by atoms with Gasteiger partial charge in [0.25, 0.3) is 5.91 Å². The molecular weight excluding hydrogens is 274 g/mol. The average molecular weight is 295 g/mol. The molecule has 1 aromatic carbocycles. The Bertz CT molecular complexity index is 462. The van der Waals surface area contributed by atoms with Crippen LogP contribution in [0, 0.1) is 0 Å². The summed E-state index contributed by atoms with van der Waals surface area (Å²) in [6.07, 6.45) is -0.155. The van der Waals surface area contributed by atoms with Crippen molar-refractivity contribution in [2.45, 2.75) is 19.1 Å². The molecule has 21 heavy (non-hydrogen) atoms. The minimum Gasteiger partial charge on any atom is -0.391 e. The lowest BCUT2D eigenvalue weighted by Crippen LogP contribution is -2.29. The van der Waals surface area contributed by atoms with Crippen LogP contribution in [0.2, 0.25) is 0 Å². The van der Waals surface area contributed by atoms with Crippen LogP contribution in [0.5, 0.6) is 0 Å². The Balaban J connectivity index is 2.39. The number of benzene rings is 1. The maximum absolute atomic E-state index is 11.8. The van der Waals surface area contributed by atoms with Crippen LogP contribution in [0.25, 0.3) is 0 Å². The standard InChI is InChI=1S/C14H21N3O4/c1-21-9-12(18)6-7-16-13(19)11-4-2-10(3-5-11)8-17-14(15)20/h2-5,12,18H,6-9H2,1H3,(H,16,19)(H3,15,17,20). The van der Waals surface area contributed by atoms with Gasteiger partial charge in [-0.3, -0.25) is 4.79 Å². The molecule has 3 amide bonds. The topological polar surface area (TPSA) is 114 Å². The smallest absolute Gasteiger partial charge is 0.312 e. The molecule has 0 heterocycles. The van der Waals surface area contributed by atoms with E-state index in [9.17, 15) is 14.7 Å². The first-order valence-corrected chi connectivity index (χ1v) is 6.60. The van der Waals surface area contributed by atoms with Crippen molar-refractivity contribution < 1.29 is 19.4 Å². The molecule has 0 bridgehead atoms. The van der Waals surface area contributed by atoms with Crippen molar-refractivity contribution in [2.24, 2.45) is 5.73 Å². The van der Waals surface area contributed by atoms with E-state index in [-0.39, 0.29) is 12.5 Å². The Morgan fingerprint density at radius 1 is 1.29 bits per heavy atom. The number of carbonyl (C=O) groups excluding carboxylic acids is 2. The predicted octanol–water partition coefficient (Wildman–Crippen LogP) is -0.0179. The minimum atomic E-state index is -0.591. The Hall–Kier alpha value is -2.12. The number of nitrogens with one attached hydrogen (secondary N) is 2. The number of urea groups is 1. The van der Waals surface area contributed by atoms with E-state index in [2.05, 4.69) is 10.6 Å². The van der Waals surface area contributed by atoms with Crippen LogP contribution in [0.1, 0.15) is 22.3 Å². The van der Waals surface area contributed by atoms with Gasteiger partial charge in [-0.2, -0.15) is 0 Å². The molecule has 0 aliphatic heterocycles. The maximum Gasteiger partial charge on any atom is 0.312 e. The van der Waals surface area contributed by atoms with E-state index in [4.69, 9.17) is 10.5 Å². The minimum absolute atomic E-state index is 0.214. The fraction of sp³-hybridized carbons (Fsp3) is 0.429. The summed E-state index contributed by atoms with van der Waals surface area (Å²) in [6, 6.07) is 6.22. The van der Waals surface area contributed by atoms with Crippen molar-refractivity contribution in [2.75, 3.05) is 20.3 Å². The lowest BCUT2D eigenvalue weighted by Gasteiger charge is -2.10. The molecule has 1 rings (SSSR count). The van der Waals surface area contributed by atoms with E-state index in [0.29, 0.717) is 25.1 Å². The second-order valence-electron chi connectivity index (χ2n) is 4.57. The second kappa shape index (κ2) is 8.93. The van der Waals surface area contributed by atoms with Gasteiger partial charge in [-0.25, -0.2) is 4.79 Å². The molecule has 116 valence electrons. The van der Waals surface area contributed by atoms with Crippen LogP contribution in [0.15, 0.2) is 24.3 Å². The van der Waals surface area contributed by atoms with Crippen LogP contribution in [-0.2, 0) is 11.3 Å². The molecule has 5 N–H and O–H groups in total. The van der Waals surface area contributed by atoms with Crippen LogP contribution in [-0.4, -0.2) is 43.4 Å². The molecule has 0 saturated carbocycles. The lowest BCUT2D eigenvalue weighted by molar-refractivity contribution is 0.0587. The van der Waals surface area contributed by atoms with Crippen molar-refractivity contribution >= 4 is 11.9 Å². The molecule has 0 aliphatic carbocycles. The number of primary amides is 1. The number of aliphatic hydroxyl groups is 1. The van der Waals surface area contributed by atoms with E-state index < -0.39 is 12.1 Å². The fourth-order valence-electron chi connectivity index (χ4n) is 1.69. The molecule has 0 spiro atoms. The number of methoxy groups -OCH3 is 1. The van der Waals surface area contributed by atoms with Gasteiger partial charge in [-0.05, 0) is 24.1 Å². The van der Waals surface area contributed by atoms with Gasteiger partial charge in [0, 0.05) is 25.8 Å². The number of nitrogens with two attached hydrogens (primary N) is 1. The number of ether oxygens (including phenoxy) is 1. The molecule has 0 radical (unpaired) electrons. The zero-order valence-electron chi connectivity index (χ0n) is 12.0. The number of amides is 3. The highest BCUT2D eigenvalue weighted by Crippen LogP contribution is 2.04. The first kappa shape index (κ1) is 16.9. The predicted molar refractivity (Wildman–Crippen MR) is 77.7 cm³/mol. The van der Waals surface area contributed by atoms with Gasteiger partial charge >= 0.3 is 6.03 Å². The number of aliphatic hydroxyl groups excluding tert-OH is 1. The third-order valence-electron chi connectivity index (χ3n) is 2.81. The Kier molecular flexibility index (Phi) is 7.20. The summed E-state index contributed by atoms with van der Waals surface area (Å²) in [5.74, 6) is -0.214. The molecule has 1 unspecified atom stereocenters. The summed E-state index contributed by atoms with van der Waals surface area (Å²) >= 11 is 0. The van der Waals surface area contributed by atoms with Gasteiger partial charge in [0.2, 0.25) is 0 Å². The average Bonchev–Trinajstić information content (AvgIpc) is 2.45. The van der Waals surface area contributed by atoms with Crippen molar-refractivity contribution in [3.05, 3.63) is 35.4 Å². The maximum atomic E-state index is 11.8. The number of rotatable bonds is 8. The highest BCUT2D eigenvalue weighted by atomic mass is 16.5. The monoisotopic (exact) mass is 295 g/mol. The summed E-state index contributed by atoms with van der Waals surface area (Å²) in [4.78, 5) is 22.4. The highest BCUT2D eigenvalue weighted by molar-refractivity contribution is 5.94. The van der Waals surface area contributed by atoms with E-state index in [0.717, 1.165) is 5.56 Å². The van der Waals surface area contributed by atoms with Crippen LogP contribution in [0.3, 0.4) is 0 Å². The summed E-state index contributed by atoms with van der Waals surface area (Å²) in [6.45, 7) is 0.937. The number of hydrogen-bond acceptors (Lipinski definition) is 4. The molecule has 1 atom stereocenters. The van der Waals surface area contributed by atoms with Gasteiger partial charge in [0.05, 0.1) is 12.7 Å². The van der Waals surface area contributed by atoms with E-state index >= 15 is 0 Å². The molecule has 1 aromatic rings. The van der Waals surface area contributed by atoms with Gasteiger partial charge < -0.3 is 26.2 Å². The van der Waals surface area contributed by atoms with E-state index in [1.807, 2.05) is 0 Å². The molecule has 0 fully saturated rings. The van der Waals surface area contributed by atoms with E-state index in [1.54, 1.807) is 24.3 Å². The number of carbonyl (C=O) groups is 2. The molecule has 7 nitrogen and oxygen atoms in total. The fourth-order valence-corrected chi connectivity index (χ4v) is 1.69. The zero-order valence-corrected chi connectivity index (χ0v) is 12.0.